The van der Waals surface area contributed by atoms with Gasteiger partial charge in [-0.1, -0.05) is 55.1 Å². The van der Waals surface area contributed by atoms with E-state index in [1.54, 1.807) is 58.9 Å². The van der Waals surface area contributed by atoms with Crippen molar-refractivity contribution >= 4 is 41.5 Å². The van der Waals surface area contributed by atoms with Gasteiger partial charge in [-0.15, -0.1) is 0 Å². The van der Waals surface area contributed by atoms with Gasteiger partial charge in [-0.2, -0.15) is 0 Å². The van der Waals surface area contributed by atoms with E-state index in [0.717, 1.165) is 12.1 Å². The number of carbonyl (C=O) groups is 5. The summed E-state index contributed by atoms with van der Waals surface area (Å²) in [6, 6.07) is 16.5. The topological polar surface area (TPSA) is 260 Å². The highest BCUT2D eigenvalue weighted by Crippen LogP contribution is 2.27. The fourth-order valence-corrected chi connectivity index (χ4v) is 5.10. The van der Waals surface area contributed by atoms with Gasteiger partial charge in [0.05, 0.1) is 32.1 Å². The molecule has 0 fully saturated rings. The molecule has 0 radical (unpaired) electrons. The Labute approximate surface area is 356 Å². The van der Waals surface area contributed by atoms with Crippen LogP contribution in [0.5, 0.6) is 0 Å². The largest absolute Gasteiger partial charge is 0.458 e. The molecule has 20 nitrogen and oxygen atoms in total. The van der Waals surface area contributed by atoms with E-state index in [4.69, 9.17) is 33.5 Å². The van der Waals surface area contributed by atoms with Gasteiger partial charge in [0.25, 0.3) is 11.4 Å². The van der Waals surface area contributed by atoms with Crippen molar-refractivity contribution in [1.82, 2.24) is 10.6 Å². The van der Waals surface area contributed by atoms with E-state index in [2.05, 4.69) is 23.8 Å². The average molecular weight is 865 g/mol. The minimum atomic E-state index is -1.31. The second kappa shape index (κ2) is 22.4. The summed E-state index contributed by atoms with van der Waals surface area (Å²) in [5, 5.41) is 27.8. The Bertz CT molecular complexity index is 2170. The standard InChI is InChI=1S/C42H48N4O16/c1-26(2)21-59-60-25-35(24-58-38(49)29-13-10-17-33(19-29)46(54)55)62-40(51)44-42(7,8)31-15-11-14-30(20-31)41(5,6)43-39(50)61-34(22-56-36(47)27(3)4)23-57-37(48)28-12-9-16-32(18-28)45(52)53/h9-20,34-35H,1,3,21-25H2,2,4-8H3,(H,43,50)(H,44,51). The maximum absolute atomic E-state index is 13.3. The maximum Gasteiger partial charge on any atom is 0.408 e. The number of rotatable bonds is 22. The van der Waals surface area contributed by atoms with Crippen LogP contribution in [0.15, 0.2) is 97.1 Å². The number of nitro benzene ring substituents is 2. The van der Waals surface area contributed by atoms with Gasteiger partial charge in [0.2, 0.25) is 0 Å². The van der Waals surface area contributed by atoms with Crippen LogP contribution in [-0.4, -0.2) is 85.2 Å². The summed E-state index contributed by atoms with van der Waals surface area (Å²) >= 11 is 0. The molecule has 2 atom stereocenters. The van der Waals surface area contributed by atoms with Gasteiger partial charge in [0.15, 0.2) is 12.2 Å². The van der Waals surface area contributed by atoms with Gasteiger partial charge < -0.3 is 34.3 Å². The lowest BCUT2D eigenvalue weighted by Gasteiger charge is -2.31. The fraction of sp³-hybridized carbons (Fsp3) is 0.357. The third kappa shape index (κ3) is 15.8. The first-order valence-electron chi connectivity index (χ1n) is 18.7. The van der Waals surface area contributed by atoms with Crippen LogP contribution in [0.2, 0.25) is 0 Å². The first-order valence-corrected chi connectivity index (χ1v) is 18.7. The van der Waals surface area contributed by atoms with E-state index in [-0.39, 0.29) is 41.3 Å². The van der Waals surface area contributed by atoms with Gasteiger partial charge >= 0.3 is 30.1 Å². The van der Waals surface area contributed by atoms with E-state index in [9.17, 15) is 44.2 Å². The molecule has 0 spiro atoms. The quantitative estimate of drug-likeness (QED) is 0.0159. The zero-order chi connectivity index (χ0) is 46.2. The van der Waals surface area contributed by atoms with Crippen molar-refractivity contribution < 1.29 is 67.3 Å². The van der Waals surface area contributed by atoms with Crippen molar-refractivity contribution in [2.75, 3.05) is 33.0 Å². The van der Waals surface area contributed by atoms with Crippen LogP contribution in [0.25, 0.3) is 0 Å². The zero-order valence-electron chi connectivity index (χ0n) is 35.0. The highest BCUT2D eigenvalue weighted by atomic mass is 17.2. The van der Waals surface area contributed by atoms with E-state index in [1.807, 2.05) is 0 Å². The summed E-state index contributed by atoms with van der Waals surface area (Å²) in [6.45, 7) is 15.0. The second-order valence-electron chi connectivity index (χ2n) is 14.8. The van der Waals surface area contributed by atoms with Gasteiger partial charge in [0.1, 0.15) is 33.0 Å². The Kier molecular flexibility index (Phi) is 17.8. The van der Waals surface area contributed by atoms with E-state index < -0.39 is 83.0 Å². The molecule has 0 saturated heterocycles. The van der Waals surface area contributed by atoms with Crippen LogP contribution < -0.4 is 10.6 Å². The zero-order valence-corrected chi connectivity index (χ0v) is 35.0. The third-order valence-corrected chi connectivity index (χ3v) is 8.46. The summed E-state index contributed by atoms with van der Waals surface area (Å²) in [7, 11) is 0. The Hall–Kier alpha value is -7.19. The normalized spacial score (nSPS) is 12.1. The predicted molar refractivity (Wildman–Crippen MR) is 219 cm³/mol. The van der Waals surface area contributed by atoms with Crippen molar-refractivity contribution in [3.05, 3.63) is 140 Å². The van der Waals surface area contributed by atoms with Crippen molar-refractivity contribution in [2.45, 2.75) is 64.8 Å². The van der Waals surface area contributed by atoms with Crippen LogP contribution >= 0.6 is 0 Å². The first-order chi connectivity index (χ1) is 29.1. The lowest BCUT2D eigenvalue weighted by Crippen LogP contribution is -2.45. The number of benzene rings is 3. The van der Waals surface area contributed by atoms with Crippen molar-refractivity contribution in [2.24, 2.45) is 0 Å². The third-order valence-electron chi connectivity index (χ3n) is 8.46. The van der Waals surface area contributed by atoms with E-state index in [0.29, 0.717) is 16.7 Å². The van der Waals surface area contributed by atoms with Crippen molar-refractivity contribution in [1.29, 1.82) is 0 Å². The average Bonchev–Trinajstić information content (AvgIpc) is 3.21. The number of hydrogen-bond donors (Lipinski definition) is 2. The van der Waals surface area contributed by atoms with Crippen LogP contribution in [0.1, 0.15) is 73.4 Å². The molecule has 0 aliphatic carbocycles. The van der Waals surface area contributed by atoms with Crippen LogP contribution in [0, 0.1) is 20.2 Å². The van der Waals surface area contributed by atoms with Crippen LogP contribution in [0.4, 0.5) is 21.0 Å². The van der Waals surface area contributed by atoms with Gasteiger partial charge in [-0.25, -0.2) is 33.7 Å². The minimum Gasteiger partial charge on any atom is -0.458 e. The number of non-ortho nitro benzene ring substituents is 2. The van der Waals surface area contributed by atoms with Crippen LogP contribution in [0.3, 0.4) is 0 Å². The molecule has 0 aliphatic heterocycles. The lowest BCUT2D eigenvalue weighted by atomic mass is 9.87. The second-order valence-corrected chi connectivity index (χ2v) is 14.8. The predicted octanol–water partition coefficient (Wildman–Crippen LogP) is 6.52. The molecule has 62 heavy (non-hydrogen) atoms. The summed E-state index contributed by atoms with van der Waals surface area (Å²) < 4.78 is 26.7. The number of alkyl carbamates (subject to hydrolysis) is 2. The molecular weight excluding hydrogens is 816 g/mol. The molecule has 20 heteroatoms. The molecule has 2 N–H and O–H groups in total. The number of hydrogen-bond acceptors (Lipinski definition) is 16. The fourth-order valence-electron chi connectivity index (χ4n) is 5.10. The first kappa shape index (κ1) is 49.2. The number of esters is 3. The molecule has 0 heterocycles. The minimum absolute atomic E-state index is 0.0321. The Morgan fingerprint density at radius 3 is 1.47 bits per heavy atom. The number of amides is 2. The Balaban J connectivity index is 1.70. The van der Waals surface area contributed by atoms with E-state index in [1.165, 1.54) is 43.3 Å². The highest BCUT2D eigenvalue weighted by molar-refractivity contribution is 5.90. The summed E-state index contributed by atoms with van der Waals surface area (Å²) in [4.78, 5) is 95.2. The van der Waals surface area contributed by atoms with Crippen LogP contribution in [-0.2, 0) is 49.3 Å². The van der Waals surface area contributed by atoms with E-state index >= 15 is 0 Å². The molecule has 3 aromatic rings. The number of ether oxygens (including phenoxy) is 5. The van der Waals surface area contributed by atoms with Gasteiger partial charge in [0, 0.05) is 29.8 Å². The molecule has 0 saturated carbocycles. The summed E-state index contributed by atoms with van der Waals surface area (Å²) in [5.41, 5.74) is -1.34. The lowest BCUT2D eigenvalue weighted by molar-refractivity contribution is -0.385. The Morgan fingerprint density at radius 2 is 1.05 bits per heavy atom. The maximum atomic E-state index is 13.3. The SMILES string of the molecule is C=C(C)COOCC(COC(=O)c1cccc([N+](=O)[O-])c1)OC(=O)NC(C)(C)c1cccc(C(C)(C)NC(=O)OC(COC(=O)C(=C)C)COC(=O)c2cccc([N+](=O)[O-])c2)c1. The molecule has 0 aliphatic rings. The summed E-state index contributed by atoms with van der Waals surface area (Å²) in [5.74, 6) is -2.66. The number of nitrogens with zero attached hydrogens (tertiary/aromatic N) is 2. The smallest absolute Gasteiger partial charge is 0.408 e. The molecule has 0 aromatic heterocycles. The molecule has 0 bridgehead atoms. The number of carbonyl (C=O) groups excluding carboxylic acids is 5. The molecule has 3 rings (SSSR count). The molecule has 332 valence electrons. The summed E-state index contributed by atoms with van der Waals surface area (Å²) in [6.07, 6.45) is -4.44. The van der Waals surface area contributed by atoms with Crippen molar-refractivity contribution in [3.8, 4) is 0 Å². The number of nitrogens with one attached hydrogen (secondary N) is 2. The monoisotopic (exact) mass is 864 g/mol. The van der Waals surface area contributed by atoms with Gasteiger partial charge in [-0.05, 0) is 64.8 Å². The van der Waals surface area contributed by atoms with Gasteiger partial charge in [-0.3, -0.25) is 20.2 Å². The molecule has 2 amide bonds. The number of nitro groups is 2. The van der Waals surface area contributed by atoms with Crippen molar-refractivity contribution in [3.63, 3.8) is 0 Å². The molecular formula is C42H48N4O16. The highest BCUT2D eigenvalue weighted by Gasteiger charge is 2.31. The Morgan fingerprint density at radius 1 is 0.629 bits per heavy atom. The molecule has 2 unspecified atom stereocenters. The molecule has 3 aromatic carbocycles.